The average molecular weight is 279 g/mol. The first-order valence-corrected chi connectivity index (χ1v) is 7.11. The van der Waals surface area contributed by atoms with Gasteiger partial charge in [0.25, 0.3) is 0 Å². The van der Waals surface area contributed by atoms with E-state index in [9.17, 15) is 5.11 Å². The van der Waals surface area contributed by atoms with Crippen molar-refractivity contribution in [2.24, 2.45) is 11.3 Å². The van der Waals surface area contributed by atoms with Crippen molar-refractivity contribution >= 4 is 11.6 Å². The lowest BCUT2D eigenvalue weighted by atomic mass is 9.71. The van der Waals surface area contributed by atoms with Crippen LogP contribution in [-0.2, 0) is 0 Å². The van der Waals surface area contributed by atoms with Crippen LogP contribution in [0.25, 0.3) is 0 Å². The maximum Gasteiger partial charge on any atom is 0.145 e. The minimum absolute atomic E-state index is 0.342. The molecule has 1 saturated carbocycles. The third-order valence-electron chi connectivity index (χ3n) is 4.12. The molecule has 1 aromatic rings. The molecule has 2 rings (SSSR count). The molecular formula is C14H25N5O. The molecule has 1 fully saturated rings. The molecule has 1 aromatic heterocycles. The second kappa shape index (κ2) is 5.54. The number of hydrogen-bond donors (Lipinski definition) is 4. The molecule has 0 unspecified atom stereocenters. The number of nitrogen functional groups attached to an aromatic ring is 1. The smallest absolute Gasteiger partial charge is 0.145 e. The number of hydrogen-bond acceptors (Lipinski definition) is 6. The van der Waals surface area contributed by atoms with Gasteiger partial charge in [-0.25, -0.2) is 15.8 Å². The Morgan fingerprint density at radius 3 is 2.40 bits per heavy atom. The molecule has 0 spiro atoms. The lowest BCUT2D eigenvalue weighted by Crippen LogP contribution is -2.42. The summed E-state index contributed by atoms with van der Waals surface area (Å²) in [6, 6.07) is 1.74. The first kappa shape index (κ1) is 15.0. The fraction of sp³-hybridized carbons (Fsp3) is 0.714. The van der Waals surface area contributed by atoms with Crippen molar-refractivity contribution in [2.45, 2.75) is 52.1 Å². The summed E-state index contributed by atoms with van der Waals surface area (Å²) in [5, 5.41) is 13.8. The SMILES string of the molecule is Cc1nc(NN)cc(NCC2(O)CCC(C)(C)CC2)n1. The molecule has 0 aromatic carbocycles. The van der Waals surface area contributed by atoms with Crippen LogP contribution < -0.4 is 16.6 Å². The normalized spacial score (nSPS) is 20.4. The molecule has 20 heavy (non-hydrogen) atoms. The van der Waals surface area contributed by atoms with Crippen LogP contribution in [0.2, 0.25) is 0 Å². The van der Waals surface area contributed by atoms with Crippen LogP contribution in [0, 0.1) is 12.3 Å². The maximum atomic E-state index is 10.6. The quantitative estimate of drug-likeness (QED) is 0.496. The van der Waals surface area contributed by atoms with Crippen LogP contribution in [-0.4, -0.2) is 27.2 Å². The third kappa shape index (κ3) is 3.80. The number of aryl methyl sites for hydroxylation is 1. The van der Waals surface area contributed by atoms with Crippen LogP contribution in [0.3, 0.4) is 0 Å². The zero-order chi connectivity index (χ0) is 14.8. The molecule has 0 aliphatic heterocycles. The molecule has 112 valence electrons. The van der Waals surface area contributed by atoms with Crippen LogP contribution >= 0.6 is 0 Å². The zero-order valence-electron chi connectivity index (χ0n) is 12.5. The lowest BCUT2D eigenvalue weighted by Gasteiger charge is -2.40. The standard InChI is InChI=1S/C14H25N5O/c1-10-17-11(8-12(18-10)19-15)16-9-14(20)6-4-13(2,3)5-7-14/h8,20H,4-7,9,15H2,1-3H3,(H2,16,17,18,19). The van der Waals surface area contributed by atoms with Crippen molar-refractivity contribution in [1.82, 2.24) is 9.97 Å². The van der Waals surface area contributed by atoms with Crippen LogP contribution in [0.1, 0.15) is 45.4 Å². The highest BCUT2D eigenvalue weighted by molar-refractivity contribution is 5.46. The van der Waals surface area contributed by atoms with Gasteiger partial charge in [0, 0.05) is 12.6 Å². The summed E-state index contributed by atoms with van der Waals surface area (Å²) < 4.78 is 0. The Labute approximate surface area is 120 Å². The number of aliphatic hydroxyl groups is 1. The van der Waals surface area contributed by atoms with Crippen LogP contribution in [0.5, 0.6) is 0 Å². The predicted molar refractivity (Wildman–Crippen MR) is 80.3 cm³/mol. The monoisotopic (exact) mass is 279 g/mol. The molecule has 1 heterocycles. The van der Waals surface area contributed by atoms with Gasteiger partial charge in [-0.05, 0) is 38.0 Å². The van der Waals surface area contributed by atoms with Gasteiger partial charge in [0.1, 0.15) is 17.5 Å². The molecule has 1 aliphatic rings. The molecule has 6 heteroatoms. The first-order valence-electron chi connectivity index (χ1n) is 7.11. The van der Waals surface area contributed by atoms with Gasteiger partial charge in [-0.15, -0.1) is 0 Å². The summed E-state index contributed by atoms with van der Waals surface area (Å²) in [5.41, 5.74) is 2.21. The molecule has 0 atom stereocenters. The number of nitrogens with two attached hydrogens (primary N) is 1. The first-order chi connectivity index (χ1) is 9.32. The Morgan fingerprint density at radius 2 is 1.80 bits per heavy atom. The molecule has 6 nitrogen and oxygen atoms in total. The molecular weight excluding hydrogens is 254 g/mol. The minimum atomic E-state index is -0.648. The molecule has 0 saturated heterocycles. The lowest BCUT2D eigenvalue weighted by molar-refractivity contribution is -0.0145. The van der Waals surface area contributed by atoms with E-state index in [-0.39, 0.29) is 0 Å². The Bertz CT molecular complexity index is 465. The molecule has 1 aliphatic carbocycles. The van der Waals surface area contributed by atoms with E-state index in [1.54, 1.807) is 6.07 Å². The minimum Gasteiger partial charge on any atom is -0.388 e. The van der Waals surface area contributed by atoms with Crippen molar-refractivity contribution in [3.8, 4) is 0 Å². The van der Waals surface area contributed by atoms with Gasteiger partial charge in [-0.3, -0.25) is 0 Å². The van der Waals surface area contributed by atoms with Crippen molar-refractivity contribution in [1.29, 1.82) is 0 Å². The topological polar surface area (TPSA) is 96.1 Å². The van der Waals surface area contributed by atoms with Crippen molar-refractivity contribution in [2.75, 3.05) is 17.3 Å². The van der Waals surface area contributed by atoms with E-state index in [2.05, 4.69) is 34.6 Å². The summed E-state index contributed by atoms with van der Waals surface area (Å²) in [7, 11) is 0. The van der Waals surface area contributed by atoms with Gasteiger partial charge in [-0.2, -0.15) is 0 Å². The van der Waals surface area contributed by atoms with E-state index >= 15 is 0 Å². The van der Waals surface area contributed by atoms with E-state index < -0.39 is 5.60 Å². The summed E-state index contributed by atoms with van der Waals surface area (Å²) in [6.07, 6.45) is 3.73. The molecule has 5 N–H and O–H groups in total. The second-order valence-corrected chi connectivity index (χ2v) is 6.57. The summed E-state index contributed by atoms with van der Waals surface area (Å²) in [5.74, 6) is 7.25. The number of anilines is 2. The van der Waals surface area contributed by atoms with Gasteiger partial charge in [0.15, 0.2) is 0 Å². The van der Waals surface area contributed by atoms with Gasteiger partial charge in [0.2, 0.25) is 0 Å². The number of aromatic nitrogens is 2. The summed E-state index contributed by atoms with van der Waals surface area (Å²) >= 11 is 0. The van der Waals surface area contributed by atoms with Gasteiger partial charge < -0.3 is 15.8 Å². The summed E-state index contributed by atoms with van der Waals surface area (Å²) in [6.45, 7) is 6.83. The van der Waals surface area contributed by atoms with E-state index in [0.29, 0.717) is 29.4 Å². The number of nitrogens with one attached hydrogen (secondary N) is 2. The van der Waals surface area contributed by atoms with E-state index in [0.717, 1.165) is 25.7 Å². The van der Waals surface area contributed by atoms with Crippen LogP contribution in [0.15, 0.2) is 6.07 Å². The molecule has 0 amide bonds. The van der Waals surface area contributed by atoms with Gasteiger partial charge >= 0.3 is 0 Å². The highest BCUT2D eigenvalue weighted by Crippen LogP contribution is 2.40. The fourth-order valence-corrected chi connectivity index (χ4v) is 2.56. The highest BCUT2D eigenvalue weighted by Gasteiger charge is 2.36. The Balaban J connectivity index is 1.97. The number of rotatable bonds is 4. The van der Waals surface area contributed by atoms with Crippen molar-refractivity contribution in [3.05, 3.63) is 11.9 Å². The fourth-order valence-electron chi connectivity index (χ4n) is 2.56. The zero-order valence-corrected chi connectivity index (χ0v) is 12.5. The van der Waals surface area contributed by atoms with E-state index in [1.807, 2.05) is 6.92 Å². The average Bonchev–Trinajstić information content (AvgIpc) is 2.40. The largest absolute Gasteiger partial charge is 0.388 e. The Morgan fingerprint density at radius 1 is 1.20 bits per heavy atom. The van der Waals surface area contributed by atoms with E-state index in [1.165, 1.54) is 0 Å². The van der Waals surface area contributed by atoms with Crippen LogP contribution in [0.4, 0.5) is 11.6 Å². The number of nitrogens with zero attached hydrogens (tertiary/aromatic N) is 2. The third-order valence-corrected chi connectivity index (χ3v) is 4.12. The van der Waals surface area contributed by atoms with Gasteiger partial charge in [-0.1, -0.05) is 13.8 Å². The second-order valence-electron chi connectivity index (χ2n) is 6.57. The number of hydrazine groups is 1. The van der Waals surface area contributed by atoms with Crippen molar-refractivity contribution in [3.63, 3.8) is 0 Å². The predicted octanol–water partition coefficient (Wildman–Crippen LogP) is 1.81. The summed E-state index contributed by atoms with van der Waals surface area (Å²) in [4.78, 5) is 8.43. The van der Waals surface area contributed by atoms with E-state index in [4.69, 9.17) is 5.84 Å². The Kier molecular flexibility index (Phi) is 4.15. The molecule has 0 radical (unpaired) electrons. The maximum absolute atomic E-state index is 10.6. The highest BCUT2D eigenvalue weighted by atomic mass is 16.3. The molecule has 0 bridgehead atoms. The Hall–Kier alpha value is -1.40. The van der Waals surface area contributed by atoms with Gasteiger partial charge in [0.05, 0.1) is 5.60 Å². The van der Waals surface area contributed by atoms with Crippen molar-refractivity contribution < 1.29 is 5.11 Å².